The smallest absolute Gasteiger partial charge is 0.325 e. The number of urea groups is 1. The Balaban J connectivity index is 1.34. The van der Waals surface area contributed by atoms with Crippen LogP contribution in [0.15, 0.2) is 47.5 Å². The molecular weight excluding hydrogens is 440 g/mol. The van der Waals surface area contributed by atoms with Crippen LogP contribution in [-0.4, -0.2) is 82.9 Å². The van der Waals surface area contributed by atoms with Gasteiger partial charge in [0.15, 0.2) is 18.2 Å². The van der Waals surface area contributed by atoms with Crippen LogP contribution in [0.1, 0.15) is 27.8 Å². The predicted octanol–water partition coefficient (Wildman–Crippen LogP) is 2.48. The number of hydrogen-bond acceptors (Lipinski definition) is 6. The van der Waals surface area contributed by atoms with Crippen molar-refractivity contribution >= 4 is 17.9 Å². The highest BCUT2D eigenvalue weighted by Gasteiger charge is 2.49. The van der Waals surface area contributed by atoms with E-state index in [0.717, 1.165) is 44.2 Å². The first-order valence-electron chi connectivity index (χ1n) is 12.3. The molecule has 0 radical (unpaired) electrons. The fourth-order valence-electron chi connectivity index (χ4n) is 5.15. The molecule has 1 N–H and O–H groups in total. The number of aliphatic imine (C=N–C) groups is 1. The van der Waals surface area contributed by atoms with Gasteiger partial charge in [0, 0.05) is 46.3 Å². The zero-order valence-electron chi connectivity index (χ0n) is 21.0. The zero-order valence-corrected chi connectivity index (χ0v) is 21.0. The first-order valence-corrected chi connectivity index (χ1v) is 12.3. The number of benzene rings is 2. The van der Waals surface area contributed by atoms with Gasteiger partial charge in [-0.3, -0.25) is 15.0 Å². The number of nitrogens with zero attached hydrogens (tertiary/aromatic N) is 5. The average molecular weight is 475 g/mol. The lowest BCUT2D eigenvalue weighted by Crippen LogP contribution is -2.64. The van der Waals surface area contributed by atoms with E-state index in [9.17, 15) is 9.59 Å². The Labute approximate surface area is 207 Å². The summed E-state index contributed by atoms with van der Waals surface area (Å²) in [6, 6.07) is 14.1. The van der Waals surface area contributed by atoms with E-state index in [2.05, 4.69) is 83.3 Å². The largest absolute Gasteiger partial charge is 0.340 e. The topological polar surface area (TPSA) is 71.5 Å². The van der Waals surface area contributed by atoms with E-state index in [4.69, 9.17) is 4.99 Å². The fourth-order valence-corrected chi connectivity index (χ4v) is 5.15. The first kappa shape index (κ1) is 23.4. The van der Waals surface area contributed by atoms with Crippen molar-refractivity contribution in [2.45, 2.75) is 46.1 Å². The Bertz CT molecular complexity index is 1150. The molecule has 8 heteroatoms. The number of carbonyl (C=O) groups excluding carboxylic acids is 2. The van der Waals surface area contributed by atoms with Crippen LogP contribution in [0, 0.1) is 20.8 Å². The molecule has 0 spiro atoms. The lowest BCUT2D eigenvalue weighted by Gasteiger charge is -2.40. The molecule has 0 saturated carbocycles. The average Bonchev–Trinajstić information content (AvgIpc) is 3.22. The summed E-state index contributed by atoms with van der Waals surface area (Å²) in [6.45, 7) is 11.4. The number of amides is 3. The van der Waals surface area contributed by atoms with Gasteiger partial charge in [-0.2, -0.15) is 0 Å². The molecule has 2 aromatic carbocycles. The molecule has 35 heavy (non-hydrogen) atoms. The highest BCUT2D eigenvalue weighted by atomic mass is 16.2. The van der Waals surface area contributed by atoms with Crippen molar-refractivity contribution in [3.05, 3.63) is 70.3 Å². The highest BCUT2D eigenvalue weighted by molar-refractivity contribution is 6.03. The van der Waals surface area contributed by atoms with Crippen LogP contribution < -0.4 is 5.32 Å². The van der Waals surface area contributed by atoms with E-state index >= 15 is 0 Å². The molecule has 3 amide bonds. The maximum absolute atomic E-state index is 12.9. The summed E-state index contributed by atoms with van der Waals surface area (Å²) in [5.74, 6) is 0.529. The number of piperazine rings is 1. The molecule has 3 heterocycles. The summed E-state index contributed by atoms with van der Waals surface area (Å²) >= 11 is 0. The molecule has 0 aliphatic carbocycles. The fraction of sp³-hybridized carbons (Fsp3) is 0.444. The monoisotopic (exact) mass is 474 g/mol. The molecule has 2 saturated heterocycles. The molecule has 0 aromatic heterocycles. The number of aryl methyl sites for hydroxylation is 3. The van der Waals surface area contributed by atoms with Gasteiger partial charge in [-0.05, 0) is 37.5 Å². The van der Waals surface area contributed by atoms with Crippen LogP contribution in [0.25, 0.3) is 0 Å². The van der Waals surface area contributed by atoms with Crippen LogP contribution in [0.2, 0.25) is 0 Å². The molecule has 3 aliphatic heterocycles. The van der Waals surface area contributed by atoms with Crippen molar-refractivity contribution in [1.29, 1.82) is 0 Å². The zero-order chi connectivity index (χ0) is 24.7. The summed E-state index contributed by atoms with van der Waals surface area (Å²) in [5.41, 5.74) is 6.30. The third-order valence-electron chi connectivity index (χ3n) is 7.37. The highest BCUT2D eigenvalue weighted by Crippen LogP contribution is 2.28. The van der Waals surface area contributed by atoms with Crippen molar-refractivity contribution in [1.82, 2.24) is 24.9 Å². The van der Waals surface area contributed by atoms with Crippen molar-refractivity contribution in [3.8, 4) is 0 Å². The van der Waals surface area contributed by atoms with E-state index in [1.807, 2.05) is 0 Å². The first-order chi connectivity index (χ1) is 16.8. The molecule has 8 nitrogen and oxygen atoms in total. The number of guanidine groups is 1. The predicted molar refractivity (Wildman–Crippen MR) is 136 cm³/mol. The molecule has 184 valence electrons. The van der Waals surface area contributed by atoms with E-state index in [1.165, 1.54) is 27.2 Å². The van der Waals surface area contributed by atoms with Crippen LogP contribution in [0.4, 0.5) is 4.79 Å². The van der Waals surface area contributed by atoms with Gasteiger partial charge in [0.25, 0.3) is 5.91 Å². The Morgan fingerprint density at radius 2 is 1.60 bits per heavy atom. The maximum Gasteiger partial charge on any atom is 0.325 e. The summed E-state index contributed by atoms with van der Waals surface area (Å²) in [5, 5.41) is 2.50. The van der Waals surface area contributed by atoms with Crippen LogP contribution in [0.3, 0.4) is 0 Å². The van der Waals surface area contributed by atoms with E-state index in [-0.39, 0.29) is 5.91 Å². The van der Waals surface area contributed by atoms with Gasteiger partial charge in [0.1, 0.15) is 0 Å². The minimum Gasteiger partial charge on any atom is -0.340 e. The lowest BCUT2D eigenvalue weighted by atomic mass is 10.0. The Morgan fingerprint density at radius 1 is 0.914 bits per heavy atom. The molecule has 3 aliphatic rings. The lowest BCUT2D eigenvalue weighted by molar-refractivity contribution is -0.127. The molecular formula is C27H34N6O2. The second kappa shape index (κ2) is 9.34. The van der Waals surface area contributed by atoms with Gasteiger partial charge in [0.2, 0.25) is 0 Å². The van der Waals surface area contributed by atoms with Crippen molar-refractivity contribution in [3.63, 3.8) is 0 Å². The van der Waals surface area contributed by atoms with E-state index in [1.54, 1.807) is 7.05 Å². The summed E-state index contributed by atoms with van der Waals surface area (Å²) in [7, 11) is 1.71. The van der Waals surface area contributed by atoms with Gasteiger partial charge < -0.3 is 14.7 Å². The number of likely N-dealkylation sites (N-methyl/N-ethyl adjacent to an activating group) is 1. The van der Waals surface area contributed by atoms with E-state index in [0.29, 0.717) is 6.54 Å². The van der Waals surface area contributed by atoms with Crippen LogP contribution in [-0.2, 0) is 17.9 Å². The number of fused-ring (bicyclic) bond motifs is 1. The number of imide groups is 1. The van der Waals surface area contributed by atoms with Crippen LogP contribution in [0.5, 0.6) is 0 Å². The third-order valence-corrected chi connectivity index (χ3v) is 7.37. The second-order valence-corrected chi connectivity index (χ2v) is 10.00. The quantitative estimate of drug-likeness (QED) is 0.737. The second-order valence-electron chi connectivity index (χ2n) is 10.00. The molecule has 2 fully saturated rings. The van der Waals surface area contributed by atoms with Crippen LogP contribution >= 0.6 is 0 Å². The number of rotatable bonds is 4. The molecule has 2 unspecified atom stereocenters. The normalized spacial score (nSPS) is 22.9. The minimum atomic E-state index is -0.526. The Morgan fingerprint density at radius 3 is 2.31 bits per heavy atom. The maximum atomic E-state index is 12.9. The molecule has 2 atom stereocenters. The standard InChI is InChI=1S/C27H34N6O2/c1-18-6-9-21(10-7-18)16-33-23-24(30(4)27(35)29-25(23)34)28-26(33)32-13-11-31(12-14-32)17-22-15-19(2)5-8-20(22)3/h5-10,15,23-24H,11-14,16-17H2,1-4H3,(H,29,34,35). The summed E-state index contributed by atoms with van der Waals surface area (Å²) in [4.78, 5) is 38.5. The Kier molecular flexibility index (Phi) is 6.23. The Hall–Kier alpha value is -3.39. The SMILES string of the molecule is Cc1ccc(CN2C(N3CCN(Cc4cc(C)ccc4C)CC3)=NC3C2C(=O)NC(=O)N3C)cc1. The van der Waals surface area contributed by atoms with Gasteiger partial charge in [0.05, 0.1) is 0 Å². The molecule has 2 aromatic rings. The van der Waals surface area contributed by atoms with Crippen molar-refractivity contribution in [2.24, 2.45) is 4.99 Å². The summed E-state index contributed by atoms with van der Waals surface area (Å²) < 4.78 is 0. The number of carbonyl (C=O) groups is 2. The van der Waals surface area contributed by atoms with Gasteiger partial charge >= 0.3 is 6.03 Å². The minimum absolute atomic E-state index is 0.280. The van der Waals surface area contributed by atoms with Crippen molar-refractivity contribution < 1.29 is 9.59 Å². The van der Waals surface area contributed by atoms with Crippen molar-refractivity contribution in [2.75, 3.05) is 33.2 Å². The third kappa shape index (κ3) is 4.62. The number of nitrogens with one attached hydrogen (secondary N) is 1. The van der Waals surface area contributed by atoms with Gasteiger partial charge in [-0.15, -0.1) is 0 Å². The molecule has 0 bridgehead atoms. The van der Waals surface area contributed by atoms with E-state index < -0.39 is 18.2 Å². The molecule has 5 rings (SSSR count). The van der Waals surface area contributed by atoms with Gasteiger partial charge in [-0.25, -0.2) is 9.79 Å². The van der Waals surface area contributed by atoms with Gasteiger partial charge in [-0.1, -0.05) is 53.6 Å². The summed E-state index contributed by atoms with van der Waals surface area (Å²) in [6.07, 6.45) is -0.510. The number of hydrogen-bond donors (Lipinski definition) is 1.